The summed E-state index contributed by atoms with van der Waals surface area (Å²) in [6.07, 6.45) is 2.65. The van der Waals surface area contributed by atoms with Crippen LogP contribution in [-0.4, -0.2) is 9.78 Å². The zero-order valence-electron chi connectivity index (χ0n) is 16.9. The Morgan fingerprint density at radius 1 is 1.04 bits per heavy atom. The molecule has 5 nitrogen and oxygen atoms in total. The largest absolute Gasteiger partial charge is 0.299 e. The van der Waals surface area contributed by atoms with Crippen molar-refractivity contribution in [3.05, 3.63) is 88.4 Å². The van der Waals surface area contributed by atoms with Crippen LogP contribution in [0.4, 0.5) is 11.4 Å². The van der Waals surface area contributed by atoms with Crippen LogP contribution in [-0.2, 0) is 11.8 Å². The van der Waals surface area contributed by atoms with E-state index in [-0.39, 0.29) is 11.0 Å². The molecule has 3 rings (SSSR count). The molecule has 0 saturated carbocycles. The summed E-state index contributed by atoms with van der Waals surface area (Å²) in [5, 5.41) is 11.5. The second-order valence-electron chi connectivity index (χ2n) is 7.88. The van der Waals surface area contributed by atoms with Gasteiger partial charge < -0.3 is 0 Å². The lowest BCUT2D eigenvalue weighted by Gasteiger charge is -2.18. The van der Waals surface area contributed by atoms with E-state index in [0.717, 1.165) is 17.7 Å². The summed E-state index contributed by atoms with van der Waals surface area (Å²) in [5.41, 5.74) is 4.71. The minimum atomic E-state index is -0.218. The maximum atomic E-state index is 12.8. The number of H-pyrrole nitrogens is 1. The van der Waals surface area contributed by atoms with Gasteiger partial charge >= 0.3 is 0 Å². The number of azo groups is 1. The summed E-state index contributed by atoms with van der Waals surface area (Å²) in [4.78, 5) is 12.8. The highest BCUT2D eigenvalue weighted by atomic mass is 16.1. The first-order chi connectivity index (χ1) is 13.3. The molecule has 0 atom stereocenters. The van der Waals surface area contributed by atoms with E-state index < -0.39 is 0 Å². The first-order valence-electron chi connectivity index (χ1n) is 9.33. The van der Waals surface area contributed by atoms with Crippen LogP contribution in [0.2, 0.25) is 0 Å². The van der Waals surface area contributed by atoms with Crippen LogP contribution < -0.4 is 5.56 Å². The fraction of sp³-hybridized carbons (Fsp3) is 0.261. The molecule has 144 valence electrons. The molecule has 0 unspecified atom stereocenters. The van der Waals surface area contributed by atoms with Gasteiger partial charge in [0.1, 0.15) is 0 Å². The zero-order valence-corrected chi connectivity index (χ0v) is 16.9. The van der Waals surface area contributed by atoms with Crippen molar-refractivity contribution in [2.75, 3.05) is 0 Å². The van der Waals surface area contributed by atoms with E-state index in [2.05, 4.69) is 42.7 Å². The number of benzene rings is 2. The van der Waals surface area contributed by atoms with Crippen molar-refractivity contribution in [2.24, 2.45) is 10.2 Å². The average Bonchev–Trinajstić information content (AvgIpc) is 2.94. The van der Waals surface area contributed by atoms with Crippen LogP contribution in [0.15, 0.2) is 76.2 Å². The minimum absolute atomic E-state index is 0.0852. The SMILES string of the molecule is C=CCc1ccc(-n2[nH]c(C)c(/N=N/c3ccc(C(C)(C)C)cc3)c2=O)cc1. The van der Waals surface area contributed by atoms with Crippen LogP contribution in [0.25, 0.3) is 5.69 Å². The third-order valence-electron chi connectivity index (χ3n) is 4.61. The standard InChI is InChI=1S/C23H26N4O/c1-6-7-17-8-14-20(15-9-17)27-22(28)21(16(2)26-27)25-24-19-12-10-18(11-13-19)23(3,4)5/h6,8-15,26H,1,7H2,2-5H3/b25-24+. The first kappa shape index (κ1) is 19.5. The van der Waals surface area contributed by atoms with E-state index in [0.29, 0.717) is 17.1 Å². The van der Waals surface area contributed by atoms with E-state index in [1.807, 2.05) is 61.5 Å². The van der Waals surface area contributed by atoms with Crippen molar-refractivity contribution in [1.29, 1.82) is 0 Å². The van der Waals surface area contributed by atoms with Crippen LogP contribution >= 0.6 is 0 Å². The quantitative estimate of drug-likeness (QED) is 0.437. The average molecular weight is 374 g/mol. The van der Waals surface area contributed by atoms with Gasteiger partial charge in [0.15, 0.2) is 5.69 Å². The van der Waals surface area contributed by atoms with Gasteiger partial charge in [-0.05, 0) is 54.2 Å². The predicted molar refractivity (Wildman–Crippen MR) is 114 cm³/mol. The lowest BCUT2D eigenvalue weighted by molar-refractivity contribution is 0.590. The van der Waals surface area contributed by atoms with Gasteiger partial charge in [0, 0.05) is 0 Å². The summed E-state index contributed by atoms with van der Waals surface area (Å²) in [7, 11) is 0. The number of hydrogen-bond acceptors (Lipinski definition) is 3. The normalized spacial score (nSPS) is 11.9. The van der Waals surface area contributed by atoms with Gasteiger partial charge in [-0.1, -0.05) is 51.1 Å². The van der Waals surface area contributed by atoms with Gasteiger partial charge in [-0.3, -0.25) is 9.89 Å². The van der Waals surface area contributed by atoms with Crippen molar-refractivity contribution in [3.63, 3.8) is 0 Å². The Kier molecular flexibility index (Phi) is 5.45. The van der Waals surface area contributed by atoms with Gasteiger partial charge in [0.25, 0.3) is 5.56 Å². The second-order valence-corrected chi connectivity index (χ2v) is 7.88. The van der Waals surface area contributed by atoms with Crippen molar-refractivity contribution in [3.8, 4) is 5.69 Å². The Hall–Kier alpha value is -3.21. The highest BCUT2D eigenvalue weighted by molar-refractivity contribution is 5.45. The first-order valence-corrected chi connectivity index (χ1v) is 9.33. The Morgan fingerprint density at radius 2 is 1.68 bits per heavy atom. The summed E-state index contributed by atoms with van der Waals surface area (Å²) in [5.74, 6) is 0. The summed E-state index contributed by atoms with van der Waals surface area (Å²) in [6.45, 7) is 12.1. The molecule has 0 saturated heterocycles. The van der Waals surface area contributed by atoms with Crippen LogP contribution in [0, 0.1) is 6.92 Å². The number of nitrogens with zero attached hydrogens (tertiary/aromatic N) is 3. The maximum absolute atomic E-state index is 12.8. The molecule has 28 heavy (non-hydrogen) atoms. The van der Waals surface area contributed by atoms with Gasteiger partial charge in [-0.2, -0.15) is 5.11 Å². The molecular formula is C23H26N4O. The number of aryl methyl sites for hydroxylation is 1. The summed E-state index contributed by atoms with van der Waals surface area (Å²) in [6, 6.07) is 15.7. The smallest absolute Gasteiger partial charge is 0.293 e. The molecular weight excluding hydrogens is 348 g/mol. The minimum Gasteiger partial charge on any atom is -0.293 e. The third-order valence-corrected chi connectivity index (χ3v) is 4.61. The topological polar surface area (TPSA) is 62.5 Å². The molecule has 1 heterocycles. The molecule has 1 N–H and O–H groups in total. The predicted octanol–water partition coefficient (Wildman–Crippen LogP) is 5.92. The summed E-state index contributed by atoms with van der Waals surface area (Å²) >= 11 is 0. The number of hydrogen-bond donors (Lipinski definition) is 1. The number of aromatic nitrogens is 2. The van der Waals surface area contributed by atoms with Gasteiger partial charge in [-0.25, -0.2) is 4.68 Å². The molecule has 2 aromatic carbocycles. The molecule has 0 fully saturated rings. The van der Waals surface area contributed by atoms with E-state index in [1.165, 1.54) is 10.2 Å². The number of nitrogens with one attached hydrogen (secondary N) is 1. The number of allylic oxidation sites excluding steroid dienone is 1. The number of rotatable bonds is 5. The zero-order chi connectivity index (χ0) is 20.3. The van der Waals surface area contributed by atoms with Crippen LogP contribution in [0.1, 0.15) is 37.6 Å². The Balaban J connectivity index is 1.86. The summed E-state index contributed by atoms with van der Waals surface area (Å²) < 4.78 is 1.49. The monoisotopic (exact) mass is 374 g/mol. The van der Waals surface area contributed by atoms with Crippen molar-refractivity contribution in [2.45, 2.75) is 39.5 Å². The third kappa shape index (κ3) is 4.19. The molecule has 0 spiro atoms. The fourth-order valence-corrected chi connectivity index (χ4v) is 2.92. The van der Waals surface area contributed by atoms with E-state index in [1.54, 1.807) is 0 Å². The highest BCUT2D eigenvalue weighted by Gasteiger charge is 2.14. The Morgan fingerprint density at radius 3 is 2.25 bits per heavy atom. The van der Waals surface area contributed by atoms with E-state index >= 15 is 0 Å². The van der Waals surface area contributed by atoms with Gasteiger partial charge in [-0.15, -0.1) is 11.7 Å². The molecule has 3 aromatic rings. The molecule has 5 heteroatoms. The lowest BCUT2D eigenvalue weighted by Crippen LogP contribution is -2.13. The van der Waals surface area contributed by atoms with Crippen molar-refractivity contribution in [1.82, 2.24) is 9.78 Å². The number of aromatic amines is 1. The lowest BCUT2D eigenvalue weighted by atomic mass is 9.87. The van der Waals surface area contributed by atoms with Crippen LogP contribution in [0.5, 0.6) is 0 Å². The molecule has 0 bridgehead atoms. The van der Waals surface area contributed by atoms with E-state index in [9.17, 15) is 4.79 Å². The molecule has 0 aliphatic rings. The molecule has 0 amide bonds. The molecule has 0 aliphatic heterocycles. The Labute approximate surface area is 165 Å². The maximum Gasteiger partial charge on any atom is 0.299 e. The van der Waals surface area contributed by atoms with Crippen molar-refractivity contribution < 1.29 is 0 Å². The molecule has 0 aliphatic carbocycles. The fourth-order valence-electron chi connectivity index (χ4n) is 2.92. The second kappa shape index (κ2) is 7.80. The van der Waals surface area contributed by atoms with Gasteiger partial charge in [0.05, 0.1) is 17.1 Å². The highest BCUT2D eigenvalue weighted by Crippen LogP contribution is 2.25. The Bertz CT molecular complexity index is 1050. The van der Waals surface area contributed by atoms with Crippen molar-refractivity contribution >= 4 is 11.4 Å². The molecule has 1 aromatic heterocycles. The van der Waals surface area contributed by atoms with E-state index in [4.69, 9.17) is 0 Å². The molecule has 0 radical (unpaired) electrons. The van der Waals surface area contributed by atoms with Crippen LogP contribution in [0.3, 0.4) is 0 Å². The van der Waals surface area contributed by atoms with Gasteiger partial charge in [0.2, 0.25) is 0 Å².